The van der Waals surface area contributed by atoms with E-state index in [1.165, 1.54) is 0 Å². The monoisotopic (exact) mass is 498 g/mol. The first-order valence-electron chi connectivity index (χ1n) is 13.4. The SMILES string of the molecule is CC(C)(C)C1(C(C)(C)C)CNCCO1.CC(C)(C)OC(=O)N1CCOC(C(C)(C)C)(C(C)(C)C)C1. The Balaban J connectivity index is 0.000000379. The van der Waals surface area contributed by atoms with Crippen LogP contribution in [0.15, 0.2) is 0 Å². The first kappa shape index (κ1) is 32.2. The summed E-state index contributed by atoms with van der Waals surface area (Å²) in [7, 11) is 0. The minimum Gasteiger partial charge on any atom is -0.444 e. The average molecular weight is 499 g/mol. The van der Waals surface area contributed by atoms with E-state index in [0.717, 1.165) is 19.7 Å². The molecule has 2 aliphatic rings. The Morgan fingerprint density at radius 1 is 0.714 bits per heavy atom. The van der Waals surface area contributed by atoms with Gasteiger partial charge in [-0.2, -0.15) is 0 Å². The van der Waals surface area contributed by atoms with Crippen LogP contribution in [-0.4, -0.2) is 67.2 Å². The summed E-state index contributed by atoms with van der Waals surface area (Å²) in [6, 6.07) is 0. The molecule has 0 radical (unpaired) electrons. The Hall–Kier alpha value is -0.850. The summed E-state index contributed by atoms with van der Waals surface area (Å²) in [4.78, 5) is 14.2. The number of carbonyl (C=O) groups excluding carboxylic acids is 1. The molecule has 2 heterocycles. The molecule has 0 unspecified atom stereocenters. The van der Waals surface area contributed by atoms with Gasteiger partial charge in [0, 0.05) is 19.6 Å². The third-order valence-corrected chi connectivity index (χ3v) is 7.62. The molecule has 35 heavy (non-hydrogen) atoms. The molecule has 1 amide bonds. The molecule has 0 aliphatic carbocycles. The van der Waals surface area contributed by atoms with Crippen LogP contribution in [-0.2, 0) is 14.2 Å². The molecule has 0 saturated carbocycles. The number of carbonyl (C=O) groups is 1. The molecule has 0 aromatic carbocycles. The summed E-state index contributed by atoms with van der Waals surface area (Å²) >= 11 is 0. The highest BCUT2D eigenvalue weighted by Crippen LogP contribution is 2.49. The van der Waals surface area contributed by atoms with Gasteiger partial charge in [0.2, 0.25) is 0 Å². The van der Waals surface area contributed by atoms with Crippen LogP contribution in [0.2, 0.25) is 0 Å². The molecule has 208 valence electrons. The maximum atomic E-state index is 12.4. The molecule has 2 rings (SSSR count). The Morgan fingerprint density at radius 2 is 1.14 bits per heavy atom. The van der Waals surface area contributed by atoms with Gasteiger partial charge in [-0.05, 0) is 42.4 Å². The van der Waals surface area contributed by atoms with Gasteiger partial charge in [-0.1, -0.05) is 83.1 Å². The van der Waals surface area contributed by atoms with Gasteiger partial charge in [-0.3, -0.25) is 0 Å². The van der Waals surface area contributed by atoms with Crippen LogP contribution >= 0.6 is 0 Å². The van der Waals surface area contributed by atoms with E-state index in [4.69, 9.17) is 14.2 Å². The molecule has 2 fully saturated rings. The third-order valence-electron chi connectivity index (χ3n) is 7.62. The van der Waals surface area contributed by atoms with Crippen molar-refractivity contribution in [2.75, 3.05) is 39.4 Å². The molecule has 0 atom stereocenters. The van der Waals surface area contributed by atoms with Gasteiger partial charge in [0.1, 0.15) is 5.60 Å². The lowest BCUT2D eigenvalue weighted by Crippen LogP contribution is -2.65. The molecule has 6 heteroatoms. The number of nitrogens with one attached hydrogen (secondary N) is 1. The smallest absolute Gasteiger partial charge is 0.410 e. The second-order valence-corrected chi connectivity index (χ2v) is 15.4. The summed E-state index contributed by atoms with van der Waals surface area (Å²) in [5.41, 5.74) is -0.746. The predicted molar refractivity (Wildman–Crippen MR) is 146 cm³/mol. The van der Waals surface area contributed by atoms with E-state index in [2.05, 4.69) is 88.4 Å². The van der Waals surface area contributed by atoms with Crippen LogP contribution in [0.1, 0.15) is 104 Å². The number of ether oxygens (including phenoxy) is 3. The average Bonchev–Trinajstić information content (AvgIpc) is 2.64. The quantitative estimate of drug-likeness (QED) is 0.412. The van der Waals surface area contributed by atoms with E-state index in [9.17, 15) is 4.79 Å². The van der Waals surface area contributed by atoms with Crippen molar-refractivity contribution in [3.63, 3.8) is 0 Å². The zero-order valence-electron chi connectivity index (χ0n) is 25.8. The predicted octanol–water partition coefficient (Wildman–Crippen LogP) is 6.52. The van der Waals surface area contributed by atoms with Gasteiger partial charge >= 0.3 is 6.09 Å². The molecule has 2 saturated heterocycles. The number of hydrogen-bond donors (Lipinski definition) is 1. The number of amides is 1. The van der Waals surface area contributed by atoms with Gasteiger partial charge in [0.25, 0.3) is 0 Å². The second kappa shape index (κ2) is 10.5. The first-order valence-corrected chi connectivity index (χ1v) is 13.4. The summed E-state index contributed by atoms with van der Waals surface area (Å²) in [6.45, 7) is 36.8. The van der Waals surface area contributed by atoms with Crippen molar-refractivity contribution in [3.05, 3.63) is 0 Å². The van der Waals surface area contributed by atoms with Crippen LogP contribution in [0.4, 0.5) is 4.79 Å². The normalized spacial score (nSPS) is 21.6. The lowest BCUT2D eigenvalue weighted by molar-refractivity contribution is -0.214. The number of morpholine rings is 2. The largest absolute Gasteiger partial charge is 0.444 e. The molecule has 6 nitrogen and oxygen atoms in total. The zero-order valence-corrected chi connectivity index (χ0v) is 25.8. The first-order chi connectivity index (χ1) is 15.4. The molecule has 2 aliphatic heterocycles. The van der Waals surface area contributed by atoms with Crippen molar-refractivity contribution >= 4 is 6.09 Å². The van der Waals surface area contributed by atoms with Gasteiger partial charge in [-0.15, -0.1) is 0 Å². The lowest BCUT2D eigenvalue weighted by Gasteiger charge is -2.57. The highest BCUT2D eigenvalue weighted by atomic mass is 16.6. The van der Waals surface area contributed by atoms with Crippen molar-refractivity contribution in [1.82, 2.24) is 10.2 Å². The lowest BCUT2D eigenvalue weighted by atomic mass is 9.61. The highest BCUT2D eigenvalue weighted by Gasteiger charge is 2.55. The molecule has 0 aromatic heterocycles. The maximum Gasteiger partial charge on any atom is 0.410 e. The van der Waals surface area contributed by atoms with Crippen molar-refractivity contribution in [1.29, 1.82) is 0 Å². The van der Waals surface area contributed by atoms with Crippen molar-refractivity contribution in [2.45, 2.75) is 121 Å². The minimum absolute atomic E-state index is 0.0573. The topological polar surface area (TPSA) is 60.0 Å². The van der Waals surface area contributed by atoms with E-state index in [-0.39, 0.29) is 33.4 Å². The van der Waals surface area contributed by atoms with Crippen molar-refractivity contribution in [3.8, 4) is 0 Å². The molecule has 1 N–H and O–H groups in total. The van der Waals surface area contributed by atoms with Crippen LogP contribution in [0, 0.1) is 21.7 Å². The van der Waals surface area contributed by atoms with Crippen LogP contribution < -0.4 is 5.32 Å². The standard InChI is InChI=1S/C17H33NO3.C12H25NO/c1-14(2,3)17(15(4,5)6)12-18(10-11-20-17)13(19)21-16(7,8)9;1-10(2,3)12(11(4,5)6)9-13-7-8-14-12/h10-12H2,1-9H3;13H,7-9H2,1-6H3. The van der Waals surface area contributed by atoms with Gasteiger partial charge < -0.3 is 24.4 Å². The maximum absolute atomic E-state index is 12.4. The Kier molecular flexibility index (Phi) is 9.65. The zero-order chi connectivity index (χ0) is 27.7. The Morgan fingerprint density at radius 3 is 1.46 bits per heavy atom. The number of hydrogen-bond acceptors (Lipinski definition) is 5. The molecule has 0 bridgehead atoms. The van der Waals surface area contributed by atoms with E-state index in [1.807, 2.05) is 20.8 Å². The Bertz CT molecular complexity index is 661. The van der Waals surface area contributed by atoms with E-state index in [1.54, 1.807) is 4.90 Å². The van der Waals surface area contributed by atoms with Crippen LogP contribution in [0.3, 0.4) is 0 Å². The van der Waals surface area contributed by atoms with Gasteiger partial charge in [0.05, 0.1) is 31.0 Å². The summed E-state index contributed by atoms with van der Waals surface area (Å²) in [6.07, 6.45) is -0.247. The fourth-order valence-corrected chi connectivity index (χ4v) is 5.94. The highest BCUT2D eigenvalue weighted by molar-refractivity contribution is 5.68. The fraction of sp³-hybridized carbons (Fsp3) is 0.966. The molecular weight excluding hydrogens is 440 g/mol. The van der Waals surface area contributed by atoms with Crippen molar-refractivity contribution in [2.24, 2.45) is 21.7 Å². The Labute approximate surface area is 217 Å². The molecule has 0 spiro atoms. The summed E-state index contributed by atoms with van der Waals surface area (Å²) in [5.74, 6) is 0. The number of nitrogens with zero attached hydrogens (tertiary/aromatic N) is 1. The third kappa shape index (κ3) is 7.35. The van der Waals surface area contributed by atoms with Crippen LogP contribution in [0.5, 0.6) is 0 Å². The minimum atomic E-state index is -0.471. The van der Waals surface area contributed by atoms with Crippen LogP contribution in [0.25, 0.3) is 0 Å². The molecular formula is C29H58N2O4. The van der Waals surface area contributed by atoms with E-state index in [0.29, 0.717) is 19.7 Å². The van der Waals surface area contributed by atoms with Crippen molar-refractivity contribution < 1.29 is 19.0 Å². The second-order valence-electron chi connectivity index (χ2n) is 15.4. The fourth-order valence-electron chi connectivity index (χ4n) is 5.94. The number of rotatable bonds is 0. The summed E-state index contributed by atoms with van der Waals surface area (Å²) in [5, 5.41) is 3.46. The van der Waals surface area contributed by atoms with E-state index >= 15 is 0 Å². The van der Waals surface area contributed by atoms with Gasteiger partial charge in [-0.25, -0.2) is 4.79 Å². The van der Waals surface area contributed by atoms with E-state index < -0.39 is 11.2 Å². The summed E-state index contributed by atoms with van der Waals surface area (Å²) < 4.78 is 17.9. The molecule has 0 aromatic rings. The van der Waals surface area contributed by atoms with Gasteiger partial charge in [0.15, 0.2) is 0 Å².